The average Bonchev–Trinajstić information content (AvgIpc) is 3.26. The normalized spacial score (nSPS) is 10.9. The molecule has 0 atom stereocenters. The Kier molecular flexibility index (Phi) is 4.76. The molecule has 2 aromatic heterocycles. The molecular formula is C20H17FN4O3. The number of nitrogens with zero attached hydrogens (tertiary/aromatic N) is 4. The van der Waals surface area contributed by atoms with Crippen molar-refractivity contribution in [3.8, 4) is 22.9 Å². The van der Waals surface area contributed by atoms with Crippen molar-refractivity contribution in [2.45, 2.75) is 13.5 Å². The fraction of sp³-hybridized carbons (Fsp3) is 0.150. The first-order valence-corrected chi connectivity index (χ1v) is 8.68. The first-order chi connectivity index (χ1) is 13.6. The summed E-state index contributed by atoms with van der Waals surface area (Å²) in [5, 5.41) is 8.60. The number of halogens is 1. The molecule has 4 rings (SSSR count). The summed E-state index contributed by atoms with van der Waals surface area (Å²) in [6.07, 6.45) is 1.62. The molecule has 7 nitrogen and oxygen atoms in total. The highest BCUT2D eigenvalue weighted by Gasteiger charge is 2.17. The lowest BCUT2D eigenvalue weighted by molar-refractivity contribution is 0.285. The number of aromatic nitrogens is 4. The van der Waals surface area contributed by atoms with Crippen LogP contribution in [0.3, 0.4) is 0 Å². The van der Waals surface area contributed by atoms with Crippen LogP contribution in [0.15, 0.2) is 70.0 Å². The maximum Gasteiger partial charge on any atom is 0.437 e. The second-order valence-corrected chi connectivity index (χ2v) is 6.09. The third kappa shape index (κ3) is 3.57. The largest absolute Gasteiger partial charge is 0.492 e. The molecule has 0 radical (unpaired) electrons. The molecule has 0 aliphatic rings. The maximum atomic E-state index is 12.9. The van der Waals surface area contributed by atoms with Crippen molar-refractivity contribution in [3.63, 3.8) is 0 Å². The van der Waals surface area contributed by atoms with E-state index in [2.05, 4.69) is 10.2 Å². The standard InChI is InChI=1S/C20H17FN4O3/c1-14-18(13-22-25(14)16-5-3-2-4-6-16)19-23-24(20(26)28-19)11-12-27-17-9-7-15(21)8-10-17/h2-10,13H,11-12H2,1H3. The lowest BCUT2D eigenvalue weighted by Gasteiger charge is -2.05. The quantitative estimate of drug-likeness (QED) is 0.513. The van der Waals surface area contributed by atoms with Crippen molar-refractivity contribution in [2.75, 3.05) is 6.61 Å². The van der Waals surface area contributed by atoms with Gasteiger partial charge in [0.15, 0.2) is 0 Å². The van der Waals surface area contributed by atoms with E-state index in [9.17, 15) is 9.18 Å². The minimum Gasteiger partial charge on any atom is -0.492 e. The number of hydrogen-bond donors (Lipinski definition) is 0. The third-order valence-corrected chi connectivity index (χ3v) is 4.23. The highest BCUT2D eigenvalue weighted by molar-refractivity contribution is 5.56. The first kappa shape index (κ1) is 17.7. The summed E-state index contributed by atoms with van der Waals surface area (Å²) in [6.45, 7) is 2.28. The van der Waals surface area contributed by atoms with Crippen LogP contribution in [0, 0.1) is 12.7 Å². The van der Waals surface area contributed by atoms with Crippen LogP contribution in [0.4, 0.5) is 4.39 Å². The number of rotatable bonds is 6. The summed E-state index contributed by atoms with van der Waals surface area (Å²) in [6, 6.07) is 15.3. The predicted octanol–water partition coefficient (Wildman–Crippen LogP) is 3.22. The van der Waals surface area contributed by atoms with Gasteiger partial charge in [0, 0.05) is 0 Å². The highest BCUT2D eigenvalue weighted by Crippen LogP contribution is 2.22. The van der Waals surface area contributed by atoms with E-state index < -0.39 is 5.76 Å². The van der Waals surface area contributed by atoms with Gasteiger partial charge in [-0.15, -0.1) is 5.10 Å². The van der Waals surface area contributed by atoms with E-state index >= 15 is 0 Å². The fourth-order valence-electron chi connectivity index (χ4n) is 2.79. The summed E-state index contributed by atoms with van der Waals surface area (Å²) in [5.74, 6) is -0.203. The summed E-state index contributed by atoms with van der Waals surface area (Å²) >= 11 is 0. The Balaban J connectivity index is 1.49. The van der Waals surface area contributed by atoms with Gasteiger partial charge in [-0.1, -0.05) is 18.2 Å². The zero-order valence-corrected chi connectivity index (χ0v) is 15.1. The Hall–Kier alpha value is -3.68. The smallest absolute Gasteiger partial charge is 0.437 e. The van der Waals surface area contributed by atoms with Gasteiger partial charge in [-0.2, -0.15) is 9.78 Å². The van der Waals surface area contributed by atoms with Gasteiger partial charge in [-0.05, 0) is 43.3 Å². The fourth-order valence-corrected chi connectivity index (χ4v) is 2.79. The predicted molar refractivity (Wildman–Crippen MR) is 100.0 cm³/mol. The lowest BCUT2D eigenvalue weighted by Crippen LogP contribution is -2.20. The Morgan fingerprint density at radius 1 is 1.11 bits per heavy atom. The molecule has 0 fully saturated rings. The molecule has 0 saturated carbocycles. The molecule has 4 aromatic rings. The number of benzene rings is 2. The second-order valence-electron chi connectivity index (χ2n) is 6.09. The summed E-state index contributed by atoms with van der Waals surface area (Å²) < 4.78 is 26.6. The molecule has 0 unspecified atom stereocenters. The van der Waals surface area contributed by atoms with Crippen molar-refractivity contribution in [1.29, 1.82) is 0 Å². The van der Waals surface area contributed by atoms with E-state index in [1.165, 1.54) is 28.9 Å². The van der Waals surface area contributed by atoms with E-state index in [0.29, 0.717) is 11.3 Å². The molecule has 0 saturated heterocycles. The molecular weight excluding hydrogens is 363 g/mol. The van der Waals surface area contributed by atoms with Crippen molar-refractivity contribution < 1.29 is 13.5 Å². The van der Waals surface area contributed by atoms with E-state index in [0.717, 1.165) is 11.4 Å². The molecule has 28 heavy (non-hydrogen) atoms. The summed E-state index contributed by atoms with van der Waals surface area (Å²) in [4.78, 5) is 12.1. The van der Waals surface area contributed by atoms with Crippen LogP contribution >= 0.6 is 0 Å². The van der Waals surface area contributed by atoms with Gasteiger partial charge in [-0.25, -0.2) is 13.9 Å². The molecule has 0 N–H and O–H groups in total. The van der Waals surface area contributed by atoms with E-state index in [4.69, 9.17) is 9.15 Å². The molecule has 2 heterocycles. The minimum absolute atomic E-state index is 0.194. The zero-order chi connectivity index (χ0) is 19.5. The molecule has 0 aliphatic heterocycles. The average molecular weight is 380 g/mol. The van der Waals surface area contributed by atoms with E-state index in [-0.39, 0.29) is 24.9 Å². The Bertz CT molecular complexity index is 1130. The molecule has 0 spiro atoms. The molecule has 0 aliphatic carbocycles. The molecule has 8 heteroatoms. The van der Waals surface area contributed by atoms with E-state index in [1.807, 2.05) is 37.3 Å². The second kappa shape index (κ2) is 7.51. The van der Waals surface area contributed by atoms with Crippen molar-refractivity contribution >= 4 is 0 Å². The van der Waals surface area contributed by atoms with Crippen LogP contribution in [0.1, 0.15) is 5.69 Å². The SMILES string of the molecule is Cc1c(-c2nn(CCOc3ccc(F)cc3)c(=O)o2)cnn1-c1ccccc1. The lowest BCUT2D eigenvalue weighted by atomic mass is 10.2. The van der Waals surface area contributed by atoms with Gasteiger partial charge >= 0.3 is 5.76 Å². The minimum atomic E-state index is -0.579. The van der Waals surface area contributed by atoms with Crippen molar-refractivity contribution in [1.82, 2.24) is 19.6 Å². The Morgan fingerprint density at radius 3 is 2.61 bits per heavy atom. The highest BCUT2D eigenvalue weighted by atomic mass is 19.1. The van der Waals surface area contributed by atoms with Gasteiger partial charge in [0.1, 0.15) is 18.2 Å². The van der Waals surface area contributed by atoms with Crippen LogP contribution in [0.25, 0.3) is 17.1 Å². The van der Waals surface area contributed by atoms with Gasteiger partial charge in [0.05, 0.1) is 29.7 Å². The van der Waals surface area contributed by atoms with Gasteiger partial charge in [0.25, 0.3) is 5.89 Å². The van der Waals surface area contributed by atoms with Crippen LogP contribution in [0.2, 0.25) is 0 Å². The van der Waals surface area contributed by atoms with Crippen LogP contribution < -0.4 is 10.5 Å². The molecule has 0 amide bonds. The van der Waals surface area contributed by atoms with E-state index in [1.54, 1.807) is 10.9 Å². The summed E-state index contributed by atoms with van der Waals surface area (Å²) in [7, 11) is 0. The van der Waals surface area contributed by atoms with Crippen LogP contribution in [-0.2, 0) is 6.54 Å². The topological polar surface area (TPSA) is 75.1 Å². The van der Waals surface area contributed by atoms with Gasteiger partial charge < -0.3 is 9.15 Å². The van der Waals surface area contributed by atoms with Crippen LogP contribution in [0.5, 0.6) is 5.75 Å². The van der Waals surface area contributed by atoms with Crippen molar-refractivity contribution in [3.05, 3.63) is 82.9 Å². The molecule has 0 bridgehead atoms. The zero-order valence-electron chi connectivity index (χ0n) is 15.1. The Labute approximate surface area is 159 Å². The number of para-hydroxylation sites is 1. The third-order valence-electron chi connectivity index (χ3n) is 4.23. The van der Waals surface area contributed by atoms with Crippen LogP contribution in [-0.4, -0.2) is 26.2 Å². The van der Waals surface area contributed by atoms with Gasteiger partial charge in [0.2, 0.25) is 0 Å². The molecule has 142 valence electrons. The van der Waals surface area contributed by atoms with Crippen molar-refractivity contribution in [2.24, 2.45) is 0 Å². The summed E-state index contributed by atoms with van der Waals surface area (Å²) in [5.41, 5.74) is 2.35. The Morgan fingerprint density at radius 2 is 1.86 bits per heavy atom. The maximum absolute atomic E-state index is 12.9. The number of ether oxygens (including phenoxy) is 1. The first-order valence-electron chi connectivity index (χ1n) is 8.68. The molecule has 2 aromatic carbocycles. The van der Waals surface area contributed by atoms with Gasteiger partial charge in [-0.3, -0.25) is 0 Å². The number of hydrogen-bond acceptors (Lipinski definition) is 5. The monoisotopic (exact) mass is 380 g/mol.